The summed E-state index contributed by atoms with van der Waals surface area (Å²) in [6.45, 7) is 5.15. The maximum absolute atomic E-state index is 5.91. The smallest absolute Gasteiger partial charge is 0.0947 e. The number of furan rings is 1. The lowest BCUT2D eigenvalue weighted by Crippen LogP contribution is -2.44. The molecule has 2 unspecified atom stereocenters. The fourth-order valence-electron chi connectivity index (χ4n) is 3.02. The van der Waals surface area contributed by atoms with Crippen molar-refractivity contribution in [1.82, 2.24) is 4.90 Å². The first kappa shape index (κ1) is 12.7. The van der Waals surface area contributed by atoms with Gasteiger partial charge < -0.3 is 10.2 Å². The molecule has 0 bridgehead atoms. The molecule has 2 atom stereocenters. The van der Waals surface area contributed by atoms with Gasteiger partial charge in [0.05, 0.1) is 12.5 Å². The van der Waals surface area contributed by atoms with Crippen molar-refractivity contribution in [3.63, 3.8) is 0 Å². The molecular weight excluding hydrogens is 212 g/mol. The Hall–Kier alpha value is -0.800. The first-order valence-corrected chi connectivity index (χ1v) is 6.80. The Bertz CT molecular complexity index is 310. The quantitative estimate of drug-likeness (QED) is 0.854. The van der Waals surface area contributed by atoms with E-state index in [1.807, 2.05) is 6.26 Å². The maximum Gasteiger partial charge on any atom is 0.0947 e. The lowest BCUT2D eigenvalue weighted by molar-refractivity contribution is 0.105. The third-order valence-electron chi connectivity index (χ3n) is 4.01. The van der Waals surface area contributed by atoms with Crippen molar-refractivity contribution in [2.75, 3.05) is 13.1 Å². The van der Waals surface area contributed by atoms with Crippen molar-refractivity contribution in [3.05, 3.63) is 24.2 Å². The van der Waals surface area contributed by atoms with Crippen LogP contribution in [0.5, 0.6) is 0 Å². The Labute approximate surface area is 104 Å². The Morgan fingerprint density at radius 3 is 2.88 bits per heavy atom. The van der Waals surface area contributed by atoms with Crippen LogP contribution in [-0.2, 0) is 6.54 Å². The van der Waals surface area contributed by atoms with Crippen LogP contribution in [0, 0.1) is 5.92 Å². The van der Waals surface area contributed by atoms with Gasteiger partial charge in [0, 0.05) is 18.2 Å². The summed E-state index contributed by atoms with van der Waals surface area (Å²) >= 11 is 0. The summed E-state index contributed by atoms with van der Waals surface area (Å²) in [6, 6.07) is 2.72. The van der Waals surface area contributed by atoms with E-state index in [0.29, 0.717) is 12.0 Å². The normalized spacial score (nSPS) is 25.4. The zero-order chi connectivity index (χ0) is 12.1. The molecule has 1 aliphatic carbocycles. The van der Waals surface area contributed by atoms with Gasteiger partial charge in [-0.2, -0.15) is 0 Å². The third-order valence-corrected chi connectivity index (χ3v) is 4.01. The SMILES string of the molecule is CCN(Cc1ccoc1)C1CCCCC1CN. The topological polar surface area (TPSA) is 42.4 Å². The minimum atomic E-state index is 0.661. The van der Waals surface area contributed by atoms with Gasteiger partial charge in [-0.25, -0.2) is 0 Å². The summed E-state index contributed by atoms with van der Waals surface area (Å²) in [7, 11) is 0. The second kappa shape index (κ2) is 6.22. The van der Waals surface area contributed by atoms with Crippen LogP contribution in [0.4, 0.5) is 0 Å². The van der Waals surface area contributed by atoms with Crippen molar-refractivity contribution in [1.29, 1.82) is 0 Å². The van der Waals surface area contributed by atoms with Crippen LogP contribution in [0.25, 0.3) is 0 Å². The van der Waals surface area contributed by atoms with Gasteiger partial charge in [-0.05, 0) is 37.9 Å². The lowest BCUT2D eigenvalue weighted by Gasteiger charge is -2.39. The van der Waals surface area contributed by atoms with Crippen molar-refractivity contribution in [2.24, 2.45) is 11.7 Å². The summed E-state index contributed by atoms with van der Waals surface area (Å²) in [4.78, 5) is 2.56. The van der Waals surface area contributed by atoms with Crippen LogP contribution < -0.4 is 5.73 Å². The molecule has 0 radical (unpaired) electrons. The molecule has 0 saturated heterocycles. The molecule has 1 saturated carbocycles. The molecule has 1 aliphatic rings. The lowest BCUT2D eigenvalue weighted by atomic mass is 9.83. The predicted molar refractivity (Wildman–Crippen MR) is 69.6 cm³/mol. The van der Waals surface area contributed by atoms with Crippen LogP contribution in [-0.4, -0.2) is 24.0 Å². The summed E-state index contributed by atoms with van der Waals surface area (Å²) in [6.07, 6.45) is 8.90. The first-order valence-electron chi connectivity index (χ1n) is 6.80. The van der Waals surface area contributed by atoms with Crippen LogP contribution in [0.15, 0.2) is 23.0 Å². The fraction of sp³-hybridized carbons (Fsp3) is 0.714. The van der Waals surface area contributed by atoms with Crippen LogP contribution >= 0.6 is 0 Å². The first-order chi connectivity index (χ1) is 8.35. The minimum absolute atomic E-state index is 0.661. The number of hydrogen-bond acceptors (Lipinski definition) is 3. The van der Waals surface area contributed by atoms with Gasteiger partial charge in [-0.3, -0.25) is 4.90 Å². The third kappa shape index (κ3) is 3.11. The largest absolute Gasteiger partial charge is 0.472 e. The average molecular weight is 236 g/mol. The number of nitrogens with zero attached hydrogens (tertiary/aromatic N) is 1. The molecule has 17 heavy (non-hydrogen) atoms. The molecule has 0 aromatic carbocycles. The van der Waals surface area contributed by atoms with E-state index in [0.717, 1.165) is 19.6 Å². The van der Waals surface area contributed by atoms with E-state index in [4.69, 9.17) is 10.2 Å². The van der Waals surface area contributed by atoms with E-state index in [2.05, 4.69) is 17.9 Å². The minimum Gasteiger partial charge on any atom is -0.472 e. The average Bonchev–Trinajstić information content (AvgIpc) is 2.89. The highest BCUT2D eigenvalue weighted by atomic mass is 16.3. The zero-order valence-electron chi connectivity index (χ0n) is 10.8. The molecular formula is C14H24N2O. The van der Waals surface area contributed by atoms with E-state index in [-0.39, 0.29) is 0 Å². The number of nitrogens with two attached hydrogens (primary N) is 1. The number of hydrogen-bond donors (Lipinski definition) is 1. The second-order valence-electron chi connectivity index (χ2n) is 5.04. The molecule has 0 aliphatic heterocycles. The van der Waals surface area contributed by atoms with Gasteiger partial charge in [0.1, 0.15) is 0 Å². The molecule has 96 valence electrons. The van der Waals surface area contributed by atoms with Crippen molar-refractivity contribution in [2.45, 2.75) is 45.2 Å². The van der Waals surface area contributed by atoms with Crippen LogP contribution in [0.2, 0.25) is 0 Å². The Balaban J connectivity index is 2.00. The summed E-state index contributed by atoms with van der Waals surface area (Å²) in [5.41, 5.74) is 7.19. The summed E-state index contributed by atoms with van der Waals surface area (Å²) < 4.78 is 5.15. The Morgan fingerprint density at radius 2 is 2.24 bits per heavy atom. The van der Waals surface area contributed by atoms with Gasteiger partial charge in [0.25, 0.3) is 0 Å². The monoisotopic (exact) mass is 236 g/mol. The molecule has 0 amide bonds. The molecule has 1 heterocycles. The van der Waals surface area contributed by atoms with Gasteiger partial charge in [0.15, 0.2) is 0 Å². The van der Waals surface area contributed by atoms with Gasteiger partial charge in [-0.15, -0.1) is 0 Å². The molecule has 3 heteroatoms. The standard InChI is InChI=1S/C14H24N2O/c1-2-16(10-12-7-8-17-11-12)14-6-4-3-5-13(14)9-15/h7-8,11,13-14H,2-6,9-10,15H2,1H3. The zero-order valence-corrected chi connectivity index (χ0v) is 10.8. The Morgan fingerprint density at radius 1 is 1.41 bits per heavy atom. The van der Waals surface area contributed by atoms with E-state index in [1.54, 1.807) is 6.26 Å². The summed E-state index contributed by atoms with van der Waals surface area (Å²) in [5.74, 6) is 0.676. The van der Waals surface area contributed by atoms with Gasteiger partial charge in [0.2, 0.25) is 0 Å². The molecule has 2 rings (SSSR count). The van der Waals surface area contributed by atoms with E-state index in [1.165, 1.54) is 31.2 Å². The van der Waals surface area contributed by atoms with Crippen molar-refractivity contribution in [3.8, 4) is 0 Å². The number of rotatable bonds is 5. The Kier molecular flexibility index (Phi) is 4.63. The highest BCUT2D eigenvalue weighted by molar-refractivity contribution is 5.05. The van der Waals surface area contributed by atoms with Gasteiger partial charge >= 0.3 is 0 Å². The molecule has 1 fully saturated rings. The predicted octanol–water partition coefficient (Wildman–Crippen LogP) is 2.62. The van der Waals surface area contributed by atoms with Gasteiger partial charge in [-0.1, -0.05) is 19.8 Å². The molecule has 1 aromatic rings. The highest BCUT2D eigenvalue weighted by Crippen LogP contribution is 2.28. The maximum atomic E-state index is 5.91. The van der Waals surface area contributed by atoms with E-state index in [9.17, 15) is 0 Å². The molecule has 3 nitrogen and oxygen atoms in total. The fourth-order valence-corrected chi connectivity index (χ4v) is 3.02. The van der Waals surface area contributed by atoms with Crippen LogP contribution in [0.3, 0.4) is 0 Å². The van der Waals surface area contributed by atoms with Crippen LogP contribution in [0.1, 0.15) is 38.2 Å². The second-order valence-corrected chi connectivity index (χ2v) is 5.04. The summed E-state index contributed by atoms with van der Waals surface area (Å²) in [5, 5.41) is 0. The van der Waals surface area contributed by atoms with E-state index < -0.39 is 0 Å². The van der Waals surface area contributed by atoms with E-state index >= 15 is 0 Å². The van der Waals surface area contributed by atoms with Crippen molar-refractivity contribution < 1.29 is 4.42 Å². The molecule has 0 spiro atoms. The highest BCUT2D eigenvalue weighted by Gasteiger charge is 2.28. The van der Waals surface area contributed by atoms with Crippen molar-refractivity contribution >= 4 is 0 Å². The molecule has 1 aromatic heterocycles. The molecule has 2 N–H and O–H groups in total.